The molecule has 5 rings (SSSR count). The number of hydrogen-bond acceptors (Lipinski definition) is 5. The zero-order valence-corrected chi connectivity index (χ0v) is 18.9. The van der Waals surface area contributed by atoms with Crippen LogP contribution in [0.25, 0.3) is 11.0 Å². The predicted molar refractivity (Wildman–Crippen MR) is 131 cm³/mol. The molecule has 3 N–H and O–H groups in total. The fourth-order valence-corrected chi connectivity index (χ4v) is 4.28. The zero-order chi connectivity index (χ0) is 24.5. The molecular formula is C26H23FN6O2. The number of primary amides is 1. The number of hydrazone groups is 1. The van der Waals surface area contributed by atoms with Gasteiger partial charge in [0, 0.05) is 13.5 Å². The third-order valence-corrected chi connectivity index (χ3v) is 6.08. The van der Waals surface area contributed by atoms with Crippen LogP contribution < -0.4 is 16.1 Å². The Bertz CT molecular complexity index is 1430. The molecule has 1 aliphatic heterocycles. The van der Waals surface area contributed by atoms with Gasteiger partial charge in [-0.1, -0.05) is 42.5 Å². The molecule has 0 saturated carbocycles. The number of imidazole rings is 1. The molecule has 2 atom stereocenters. The Labute approximate surface area is 200 Å². The van der Waals surface area contributed by atoms with E-state index in [9.17, 15) is 14.0 Å². The van der Waals surface area contributed by atoms with Gasteiger partial charge in [0.25, 0.3) is 5.91 Å². The number of halogens is 1. The predicted octanol–water partition coefficient (Wildman–Crippen LogP) is 3.04. The average molecular weight is 471 g/mol. The van der Waals surface area contributed by atoms with Crippen LogP contribution in [0.1, 0.15) is 23.9 Å². The molecule has 0 spiro atoms. The molecule has 2 amide bonds. The minimum Gasteiger partial charge on any atom is -0.368 e. The molecule has 1 aromatic heterocycles. The first-order valence-electron chi connectivity index (χ1n) is 11.1. The fourth-order valence-electron chi connectivity index (χ4n) is 4.28. The highest BCUT2D eigenvalue weighted by Crippen LogP contribution is 2.27. The van der Waals surface area contributed by atoms with E-state index in [-0.39, 0.29) is 12.1 Å². The molecule has 0 bridgehead atoms. The number of amides is 2. The second-order valence-corrected chi connectivity index (χ2v) is 8.32. The van der Waals surface area contributed by atoms with Crippen LogP contribution in [0.5, 0.6) is 0 Å². The summed E-state index contributed by atoms with van der Waals surface area (Å²) in [5.41, 5.74) is 8.81. The molecule has 0 aliphatic carbocycles. The summed E-state index contributed by atoms with van der Waals surface area (Å²) in [6, 6.07) is 21.3. The quantitative estimate of drug-likeness (QED) is 0.452. The maximum Gasteiger partial charge on any atom is 0.268 e. The second kappa shape index (κ2) is 9.02. The molecule has 0 radical (unpaired) electrons. The Morgan fingerprint density at radius 2 is 1.71 bits per heavy atom. The van der Waals surface area contributed by atoms with Gasteiger partial charge in [-0.2, -0.15) is 5.10 Å². The smallest absolute Gasteiger partial charge is 0.268 e. The van der Waals surface area contributed by atoms with E-state index in [1.165, 1.54) is 29.3 Å². The van der Waals surface area contributed by atoms with Crippen molar-refractivity contribution in [2.45, 2.75) is 18.5 Å². The zero-order valence-electron chi connectivity index (χ0n) is 18.9. The Balaban J connectivity index is 1.49. The highest BCUT2D eigenvalue weighted by atomic mass is 19.1. The lowest BCUT2D eigenvalue weighted by Crippen LogP contribution is -2.40. The molecule has 1 aliphatic rings. The normalized spacial score (nSPS) is 16.2. The van der Waals surface area contributed by atoms with Crippen molar-refractivity contribution in [1.29, 1.82) is 0 Å². The second-order valence-electron chi connectivity index (χ2n) is 8.32. The Hall–Kier alpha value is -4.53. The number of nitrogens with zero attached hydrogens (tertiary/aromatic N) is 4. The van der Waals surface area contributed by atoms with Crippen molar-refractivity contribution in [1.82, 2.24) is 14.9 Å². The lowest BCUT2D eigenvalue weighted by molar-refractivity contribution is -0.119. The highest BCUT2D eigenvalue weighted by molar-refractivity contribution is 6.40. The van der Waals surface area contributed by atoms with Gasteiger partial charge in [0.2, 0.25) is 5.91 Å². The lowest BCUT2D eigenvalue weighted by atomic mass is 10.0. The van der Waals surface area contributed by atoms with Gasteiger partial charge in [0.15, 0.2) is 0 Å². The number of carbonyl (C=O) groups excluding carboxylic acids is 2. The molecule has 4 aromatic rings. The SMILES string of the molecule is Cn1c(C(NC(=O)C2=NN(c3ccc(F)cc3)C(C(N)=O)C2)c2ccccc2)nc2ccccc21. The fraction of sp³-hybridized carbons (Fsp3) is 0.154. The van der Waals surface area contributed by atoms with Crippen molar-refractivity contribution in [3.05, 3.63) is 96.1 Å². The number of benzene rings is 3. The maximum absolute atomic E-state index is 13.4. The first-order valence-corrected chi connectivity index (χ1v) is 11.1. The Kier molecular flexibility index (Phi) is 5.74. The summed E-state index contributed by atoms with van der Waals surface area (Å²) in [4.78, 5) is 30.3. The van der Waals surface area contributed by atoms with Crippen molar-refractivity contribution >= 4 is 34.2 Å². The summed E-state index contributed by atoms with van der Waals surface area (Å²) < 4.78 is 15.3. The van der Waals surface area contributed by atoms with Crippen molar-refractivity contribution < 1.29 is 14.0 Å². The summed E-state index contributed by atoms with van der Waals surface area (Å²) in [5.74, 6) is -0.831. The van der Waals surface area contributed by atoms with Crippen LogP contribution in [-0.4, -0.2) is 33.1 Å². The van der Waals surface area contributed by atoms with Gasteiger partial charge >= 0.3 is 0 Å². The van der Waals surface area contributed by atoms with Crippen molar-refractivity contribution in [3.63, 3.8) is 0 Å². The molecule has 3 aromatic carbocycles. The number of hydrogen-bond donors (Lipinski definition) is 2. The van der Waals surface area contributed by atoms with Crippen LogP contribution in [0.3, 0.4) is 0 Å². The van der Waals surface area contributed by atoms with Gasteiger partial charge in [0.05, 0.1) is 16.7 Å². The molecule has 2 heterocycles. The number of aryl methyl sites for hydroxylation is 1. The van der Waals surface area contributed by atoms with E-state index in [1.807, 2.05) is 66.2 Å². The van der Waals surface area contributed by atoms with E-state index >= 15 is 0 Å². The lowest BCUT2D eigenvalue weighted by Gasteiger charge is -2.20. The van der Waals surface area contributed by atoms with Crippen LogP contribution in [0.15, 0.2) is 84.0 Å². The van der Waals surface area contributed by atoms with Crippen LogP contribution in [0.4, 0.5) is 10.1 Å². The number of anilines is 1. The van der Waals surface area contributed by atoms with Crippen molar-refractivity contribution in [2.24, 2.45) is 17.9 Å². The molecule has 8 nitrogen and oxygen atoms in total. The van der Waals surface area contributed by atoms with Crippen LogP contribution in [0, 0.1) is 5.82 Å². The molecule has 2 unspecified atom stereocenters. The van der Waals surface area contributed by atoms with Crippen LogP contribution >= 0.6 is 0 Å². The van der Waals surface area contributed by atoms with E-state index < -0.39 is 29.7 Å². The largest absolute Gasteiger partial charge is 0.368 e. The van der Waals surface area contributed by atoms with Gasteiger partial charge in [-0.05, 0) is 42.0 Å². The number of para-hydroxylation sites is 2. The monoisotopic (exact) mass is 470 g/mol. The minimum absolute atomic E-state index is 0.0304. The van der Waals surface area contributed by atoms with Crippen LogP contribution in [0.2, 0.25) is 0 Å². The third-order valence-electron chi connectivity index (χ3n) is 6.08. The first-order chi connectivity index (χ1) is 16.9. The van der Waals surface area contributed by atoms with Crippen LogP contribution in [-0.2, 0) is 16.6 Å². The van der Waals surface area contributed by atoms with Crippen molar-refractivity contribution in [3.8, 4) is 0 Å². The summed E-state index contributed by atoms with van der Waals surface area (Å²) in [5, 5.41) is 8.79. The summed E-state index contributed by atoms with van der Waals surface area (Å²) in [6.45, 7) is 0. The van der Waals surface area contributed by atoms with Gasteiger partial charge in [-0.3, -0.25) is 14.6 Å². The summed E-state index contributed by atoms with van der Waals surface area (Å²) in [6.07, 6.45) is 0.0304. The topological polar surface area (TPSA) is 106 Å². The molecule has 0 fully saturated rings. The number of carbonyl (C=O) groups is 2. The first kappa shape index (κ1) is 22.3. The number of rotatable bonds is 6. The highest BCUT2D eigenvalue weighted by Gasteiger charge is 2.36. The van der Waals surface area contributed by atoms with E-state index in [1.54, 1.807) is 0 Å². The third kappa shape index (κ3) is 4.23. The average Bonchev–Trinajstić information content (AvgIpc) is 3.46. The molecular weight excluding hydrogens is 447 g/mol. The Morgan fingerprint density at radius 1 is 1.03 bits per heavy atom. The Morgan fingerprint density at radius 3 is 2.40 bits per heavy atom. The van der Waals surface area contributed by atoms with Gasteiger partial charge in [0.1, 0.15) is 29.4 Å². The maximum atomic E-state index is 13.4. The van der Waals surface area contributed by atoms with E-state index in [0.29, 0.717) is 11.5 Å². The van der Waals surface area contributed by atoms with Crippen molar-refractivity contribution in [2.75, 3.05) is 5.01 Å². The number of aromatic nitrogens is 2. The standard InChI is InChI=1S/C26H23FN6O2/c1-32-21-10-6-5-9-19(21)29-25(32)23(16-7-3-2-4-8-16)30-26(35)20-15-22(24(28)34)33(31-20)18-13-11-17(27)12-14-18/h2-14,22-23H,15H2,1H3,(H2,28,34)(H,30,35). The number of fused-ring (bicyclic) bond motifs is 1. The van der Waals surface area contributed by atoms with Gasteiger partial charge in [-0.25, -0.2) is 9.37 Å². The molecule has 35 heavy (non-hydrogen) atoms. The summed E-state index contributed by atoms with van der Waals surface area (Å²) in [7, 11) is 1.90. The minimum atomic E-state index is -0.855. The van der Waals surface area contributed by atoms with E-state index in [0.717, 1.165) is 16.6 Å². The van der Waals surface area contributed by atoms with Gasteiger partial charge in [-0.15, -0.1) is 0 Å². The van der Waals surface area contributed by atoms with E-state index in [2.05, 4.69) is 10.4 Å². The van der Waals surface area contributed by atoms with E-state index in [4.69, 9.17) is 10.7 Å². The number of nitrogens with one attached hydrogen (secondary N) is 1. The molecule has 9 heteroatoms. The van der Waals surface area contributed by atoms with Gasteiger partial charge < -0.3 is 15.6 Å². The molecule has 176 valence electrons. The summed E-state index contributed by atoms with van der Waals surface area (Å²) >= 11 is 0. The number of nitrogens with two attached hydrogens (primary N) is 1. The molecule has 0 saturated heterocycles.